The molecule has 6 heteroatoms. The SMILES string of the molecule is Cc1ccc(C=C(O)C(O)C(O)C(O)C(O)C(O)=Cc2ccc(C)cc2)cc1. The minimum atomic E-state index is -1.93. The van der Waals surface area contributed by atoms with Crippen molar-refractivity contribution in [2.24, 2.45) is 0 Å². The molecule has 4 unspecified atom stereocenters. The molecule has 0 heterocycles. The second-order valence-electron chi connectivity index (χ2n) is 6.83. The first kappa shape index (κ1) is 21.7. The van der Waals surface area contributed by atoms with Crippen LogP contribution >= 0.6 is 0 Å². The molecule has 0 aliphatic rings. The van der Waals surface area contributed by atoms with E-state index in [0.29, 0.717) is 11.1 Å². The smallest absolute Gasteiger partial charge is 0.139 e. The van der Waals surface area contributed by atoms with E-state index in [-0.39, 0.29) is 0 Å². The average Bonchev–Trinajstić information content (AvgIpc) is 2.69. The van der Waals surface area contributed by atoms with Gasteiger partial charge in [-0.25, -0.2) is 0 Å². The Morgan fingerprint density at radius 1 is 0.607 bits per heavy atom. The van der Waals surface area contributed by atoms with Crippen molar-refractivity contribution in [3.8, 4) is 0 Å². The Kier molecular flexibility index (Phi) is 7.37. The van der Waals surface area contributed by atoms with E-state index < -0.39 is 35.9 Å². The summed E-state index contributed by atoms with van der Waals surface area (Å²) >= 11 is 0. The molecular formula is C22H26O6. The van der Waals surface area contributed by atoms with Crippen LogP contribution in [0.25, 0.3) is 12.2 Å². The van der Waals surface area contributed by atoms with Gasteiger partial charge in [-0.2, -0.15) is 0 Å². The van der Waals surface area contributed by atoms with Gasteiger partial charge in [0.25, 0.3) is 0 Å². The topological polar surface area (TPSA) is 121 Å². The maximum atomic E-state index is 10.1. The molecule has 2 aromatic carbocycles. The average molecular weight is 386 g/mol. The lowest BCUT2D eigenvalue weighted by Crippen LogP contribution is -2.45. The summed E-state index contributed by atoms with van der Waals surface area (Å²) in [4.78, 5) is 0. The maximum absolute atomic E-state index is 10.1. The van der Waals surface area contributed by atoms with Crippen LogP contribution in [0, 0.1) is 13.8 Å². The van der Waals surface area contributed by atoms with Crippen LogP contribution in [0.1, 0.15) is 22.3 Å². The number of hydrogen-bond donors (Lipinski definition) is 6. The van der Waals surface area contributed by atoms with Crippen LogP contribution in [0.5, 0.6) is 0 Å². The van der Waals surface area contributed by atoms with E-state index in [0.717, 1.165) is 11.1 Å². The quantitative estimate of drug-likeness (QED) is 0.406. The number of aliphatic hydroxyl groups is 6. The standard InChI is InChI=1S/C22H26O6/c1-13-3-7-15(8-4-13)11-17(23)19(25)21(27)22(28)20(26)18(24)12-16-9-5-14(2)6-10-16/h3-12,19-28H,1-2H3. The van der Waals surface area contributed by atoms with Crippen LogP contribution in [0.15, 0.2) is 60.0 Å². The van der Waals surface area contributed by atoms with Gasteiger partial charge >= 0.3 is 0 Å². The summed E-state index contributed by atoms with van der Waals surface area (Å²) in [5.74, 6) is -1.16. The molecule has 0 aliphatic heterocycles. The number of rotatable bonds is 7. The van der Waals surface area contributed by atoms with Crippen LogP contribution in [0.4, 0.5) is 0 Å². The summed E-state index contributed by atoms with van der Waals surface area (Å²) in [7, 11) is 0. The summed E-state index contributed by atoms with van der Waals surface area (Å²) in [5.41, 5.74) is 3.22. The van der Waals surface area contributed by atoms with E-state index >= 15 is 0 Å². The zero-order chi connectivity index (χ0) is 20.8. The molecule has 0 saturated heterocycles. The Balaban J connectivity index is 2.09. The molecule has 28 heavy (non-hydrogen) atoms. The lowest BCUT2D eigenvalue weighted by molar-refractivity contribution is -0.0996. The van der Waals surface area contributed by atoms with E-state index in [1.165, 1.54) is 12.2 Å². The van der Waals surface area contributed by atoms with Gasteiger partial charge < -0.3 is 30.6 Å². The Bertz CT molecular complexity index is 752. The van der Waals surface area contributed by atoms with Crippen molar-refractivity contribution in [2.75, 3.05) is 0 Å². The Morgan fingerprint density at radius 3 is 1.18 bits per heavy atom. The molecule has 0 bridgehead atoms. The van der Waals surface area contributed by atoms with Crippen LogP contribution in [-0.2, 0) is 0 Å². The highest BCUT2D eigenvalue weighted by Gasteiger charge is 2.34. The fourth-order valence-corrected chi connectivity index (χ4v) is 2.56. The lowest BCUT2D eigenvalue weighted by atomic mass is 9.98. The van der Waals surface area contributed by atoms with E-state index in [4.69, 9.17) is 0 Å². The van der Waals surface area contributed by atoms with Crippen molar-refractivity contribution >= 4 is 12.2 Å². The van der Waals surface area contributed by atoms with Crippen molar-refractivity contribution in [1.82, 2.24) is 0 Å². The lowest BCUT2D eigenvalue weighted by Gasteiger charge is -2.26. The maximum Gasteiger partial charge on any atom is 0.139 e. The molecule has 0 aromatic heterocycles. The van der Waals surface area contributed by atoms with E-state index in [1.807, 2.05) is 38.1 Å². The molecule has 150 valence electrons. The molecular weight excluding hydrogens is 360 g/mol. The van der Waals surface area contributed by atoms with Gasteiger partial charge in [0, 0.05) is 0 Å². The third-order valence-corrected chi connectivity index (χ3v) is 4.39. The van der Waals surface area contributed by atoms with Crippen LogP contribution in [0.2, 0.25) is 0 Å². The molecule has 4 atom stereocenters. The first-order chi connectivity index (χ1) is 13.2. The van der Waals surface area contributed by atoms with Gasteiger partial charge in [0.2, 0.25) is 0 Å². The van der Waals surface area contributed by atoms with Gasteiger partial charge in [-0.05, 0) is 37.1 Å². The van der Waals surface area contributed by atoms with Gasteiger partial charge in [-0.3, -0.25) is 0 Å². The molecule has 0 saturated carbocycles. The van der Waals surface area contributed by atoms with Crippen molar-refractivity contribution in [3.63, 3.8) is 0 Å². The molecule has 0 radical (unpaired) electrons. The summed E-state index contributed by atoms with van der Waals surface area (Å²) in [6, 6.07) is 14.1. The molecule has 0 fully saturated rings. The molecule has 0 aliphatic carbocycles. The minimum Gasteiger partial charge on any atom is -0.509 e. The van der Waals surface area contributed by atoms with Gasteiger partial charge in [-0.1, -0.05) is 59.7 Å². The molecule has 2 aromatic rings. The van der Waals surface area contributed by atoms with E-state index in [1.54, 1.807) is 24.3 Å². The van der Waals surface area contributed by atoms with Crippen molar-refractivity contribution in [1.29, 1.82) is 0 Å². The summed E-state index contributed by atoms with van der Waals surface area (Å²) in [6.45, 7) is 3.81. The van der Waals surface area contributed by atoms with Gasteiger partial charge in [0.15, 0.2) is 0 Å². The second kappa shape index (κ2) is 9.52. The van der Waals surface area contributed by atoms with Gasteiger partial charge in [0.1, 0.15) is 35.9 Å². The third kappa shape index (κ3) is 5.68. The van der Waals surface area contributed by atoms with Gasteiger partial charge in [-0.15, -0.1) is 0 Å². The van der Waals surface area contributed by atoms with Crippen molar-refractivity contribution in [3.05, 3.63) is 82.3 Å². The zero-order valence-corrected chi connectivity index (χ0v) is 15.8. The fourth-order valence-electron chi connectivity index (χ4n) is 2.56. The number of hydrogen-bond acceptors (Lipinski definition) is 6. The summed E-state index contributed by atoms with van der Waals surface area (Å²) in [5, 5.41) is 60.4. The first-order valence-electron chi connectivity index (χ1n) is 8.85. The molecule has 0 amide bonds. The number of benzene rings is 2. The molecule has 0 spiro atoms. The molecule has 6 N–H and O–H groups in total. The summed E-state index contributed by atoms with van der Waals surface area (Å²) in [6.07, 6.45) is -5.06. The predicted octanol–water partition coefficient (Wildman–Crippen LogP) is 2.25. The van der Waals surface area contributed by atoms with Crippen molar-refractivity contribution < 1.29 is 30.6 Å². The Labute approximate surface area is 164 Å². The third-order valence-electron chi connectivity index (χ3n) is 4.39. The summed E-state index contributed by atoms with van der Waals surface area (Å²) < 4.78 is 0. The molecule has 2 rings (SSSR count). The molecule has 6 nitrogen and oxygen atoms in total. The Hall–Kier alpha value is -2.64. The largest absolute Gasteiger partial charge is 0.509 e. The van der Waals surface area contributed by atoms with E-state index in [9.17, 15) is 30.6 Å². The monoisotopic (exact) mass is 386 g/mol. The van der Waals surface area contributed by atoms with Crippen LogP contribution in [0.3, 0.4) is 0 Å². The first-order valence-corrected chi connectivity index (χ1v) is 8.85. The highest BCUT2D eigenvalue weighted by Crippen LogP contribution is 2.18. The highest BCUT2D eigenvalue weighted by molar-refractivity contribution is 5.53. The Morgan fingerprint density at radius 2 is 0.893 bits per heavy atom. The zero-order valence-electron chi connectivity index (χ0n) is 15.8. The van der Waals surface area contributed by atoms with Crippen LogP contribution in [-0.4, -0.2) is 55.1 Å². The highest BCUT2D eigenvalue weighted by atomic mass is 16.4. The van der Waals surface area contributed by atoms with Crippen LogP contribution < -0.4 is 0 Å². The second-order valence-corrected chi connectivity index (χ2v) is 6.83. The number of aliphatic hydroxyl groups excluding tert-OH is 6. The fraction of sp³-hybridized carbons (Fsp3) is 0.273. The van der Waals surface area contributed by atoms with E-state index in [2.05, 4.69) is 0 Å². The number of aryl methyl sites for hydroxylation is 2. The predicted molar refractivity (Wildman–Crippen MR) is 108 cm³/mol. The normalized spacial score (nSPS) is 17.1. The van der Waals surface area contributed by atoms with Crippen molar-refractivity contribution in [2.45, 2.75) is 38.3 Å². The minimum absolute atomic E-state index is 0.579. The van der Waals surface area contributed by atoms with Gasteiger partial charge in [0.05, 0.1) is 0 Å².